The summed E-state index contributed by atoms with van der Waals surface area (Å²) in [5.41, 5.74) is 0. The van der Waals surface area contributed by atoms with Crippen LogP contribution in [0, 0.1) is 0 Å². The van der Waals surface area contributed by atoms with Crippen molar-refractivity contribution in [2.24, 2.45) is 0 Å². The molecule has 0 aromatic heterocycles. The van der Waals surface area contributed by atoms with E-state index in [0.29, 0.717) is 19.3 Å². The predicted octanol–water partition coefficient (Wildman–Crippen LogP) is 17.8. The van der Waals surface area contributed by atoms with Crippen molar-refractivity contribution in [3.05, 3.63) is 97.2 Å². The summed E-state index contributed by atoms with van der Waals surface area (Å²) in [7, 11) is 0. The fourth-order valence-electron chi connectivity index (χ4n) is 7.07. The Labute approximate surface area is 400 Å². The molecular formula is C59H98O6. The van der Waals surface area contributed by atoms with Crippen LogP contribution in [0.2, 0.25) is 0 Å². The number of rotatable bonds is 47. The van der Waals surface area contributed by atoms with Crippen molar-refractivity contribution >= 4 is 17.9 Å². The molecule has 0 rings (SSSR count). The van der Waals surface area contributed by atoms with E-state index in [-0.39, 0.29) is 37.5 Å². The molecular weight excluding hydrogens is 805 g/mol. The predicted molar refractivity (Wildman–Crippen MR) is 279 cm³/mol. The van der Waals surface area contributed by atoms with E-state index < -0.39 is 6.10 Å². The van der Waals surface area contributed by atoms with Gasteiger partial charge in [-0.3, -0.25) is 14.4 Å². The van der Waals surface area contributed by atoms with Crippen LogP contribution < -0.4 is 0 Å². The third kappa shape index (κ3) is 51.2. The lowest BCUT2D eigenvalue weighted by Crippen LogP contribution is -2.30. The van der Waals surface area contributed by atoms with E-state index in [1.54, 1.807) is 0 Å². The van der Waals surface area contributed by atoms with Crippen molar-refractivity contribution in [1.29, 1.82) is 0 Å². The maximum absolute atomic E-state index is 12.8. The number of allylic oxidation sites excluding steroid dienone is 16. The van der Waals surface area contributed by atoms with Crippen LogP contribution in [0.5, 0.6) is 0 Å². The zero-order valence-corrected chi connectivity index (χ0v) is 42.2. The molecule has 65 heavy (non-hydrogen) atoms. The van der Waals surface area contributed by atoms with Gasteiger partial charge in [0.2, 0.25) is 0 Å². The lowest BCUT2D eigenvalue weighted by atomic mass is 10.0. The largest absolute Gasteiger partial charge is 0.462 e. The summed E-state index contributed by atoms with van der Waals surface area (Å²) in [6.07, 6.45) is 69.7. The van der Waals surface area contributed by atoms with Crippen LogP contribution in [0.25, 0.3) is 0 Å². The smallest absolute Gasteiger partial charge is 0.306 e. The Balaban J connectivity index is 4.44. The van der Waals surface area contributed by atoms with E-state index in [4.69, 9.17) is 14.2 Å². The number of ether oxygens (including phenoxy) is 3. The monoisotopic (exact) mass is 903 g/mol. The Morgan fingerprint density at radius 1 is 0.323 bits per heavy atom. The van der Waals surface area contributed by atoms with Gasteiger partial charge in [0.05, 0.1) is 0 Å². The maximum atomic E-state index is 12.8. The summed E-state index contributed by atoms with van der Waals surface area (Å²) in [6, 6.07) is 0. The number of carbonyl (C=O) groups excluding carboxylic acids is 3. The van der Waals surface area contributed by atoms with Crippen LogP contribution in [-0.4, -0.2) is 37.2 Å². The van der Waals surface area contributed by atoms with Crippen LogP contribution in [-0.2, 0) is 28.6 Å². The molecule has 1 unspecified atom stereocenters. The van der Waals surface area contributed by atoms with Gasteiger partial charge >= 0.3 is 17.9 Å². The van der Waals surface area contributed by atoms with Gasteiger partial charge in [0, 0.05) is 19.3 Å². The Bertz CT molecular complexity index is 1310. The zero-order chi connectivity index (χ0) is 47.2. The summed E-state index contributed by atoms with van der Waals surface area (Å²) < 4.78 is 16.7. The van der Waals surface area contributed by atoms with E-state index in [2.05, 4.69) is 118 Å². The van der Waals surface area contributed by atoms with Gasteiger partial charge in [-0.2, -0.15) is 0 Å². The van der Waals surface area contributed by atoms with Crippen LogP contribution in [0.3, 0.4) is 0 Å². The molecule has 6 heteroatoms. The van der Waals surface area contributed by atoms with Crippen LogP contribution >= 0.6 is 0 Å². The van der Waals surface area contributed by atoms with Gasteiger partial charge in [0.1, 0.15) is 13.2 Å². The summed E-state index contributed by atoms with van der Waals surface area (Å²) in [6.45, 7) is 6.43. The quantitative estimate of drug-likeness (QED) is 0.0262. The highest BCUT2D eigenvalue weighted by Gasteiger charge is 2.19. The normalized spacial score (nSPS) is 12.8. The van der Waals surface area contributed by atoms with E-state index in [9.17, 15) is 14.4 Å². The van der Waals surface area contributed by atoms with Crippen molar-refractivity contribution in [1.82, 2.24) is 0 Å². The molecule has 0 aliphatic carbocycles. The summed E-state index contributed by atoms with van der Waals surface area (Å²) in [5, 5.41) is 0. The molecule has 0 aliphatic heterocycles. The molecule has 0 aromatic carbocycles. The van der Waals surface area contributed by atoms with E-state index in [0.717, 1.165) is 103 Å². The van der Waals surface area contributed by atoms with E-state index in [1.807, 2.05) is 0 Å². The Kier molecular flexibility index (Phi) is 50.0. The molecule has 0 aromatic rings. The minimum Gasteiger partial charge on any atom is -0.462 e. The highest BCUT2D eigenvalue weighted by Crippen LogP contribution is 2.14. The molecule has 0 bridgehead atoms. The van der Waals surface area contributed by atoms with Gasteiger partial charge in [-0.15, -0.1) is 0 Å². The topological polar surface area (TPSA) is 78.9 Å². The first-order valence-electron chi connectivity index (χ1n) is 26.7. The van der Waals surface area contributed by atoms with Crippen molar-refractivity contribution in [3.63, 3.8) is 0 Å². The van der Waals surface area contributed by atoms with Crippen molar-refractivity contribution in [2.75, 3.05) is 13.2 Å². The van der Waals surface area contributed by atoms with Crippen molar-refractivity contribution < 1.29 is 28.6 Å². The maximum Gasteiger partial charge on any atom is 0.306 e. The highest BCUT2D eigenvalue weighted by atomic mass is 16.6. The van der Waals surface area contributed by atoms with Crippen molar-refractivity contribution in [2.45, 2.75) is 245 Å². The zero-order valence-electron chi connectivity index (χ0n) is 42.2. The van der Waals surface area contributed by atoms with Gasteiger partial charge in [0.25, 0.3) is 0 Å². The SMILES string of the molecule is CC/C=C\C/C=C\C/C=C\C/C=C\C/C=C\C/C=C\C/C=C\CCCC(=O)OCC(COC(=O)CCCCCCCCCCCCCC)OC(=O)CCCCCCC/C=C\CCCCC. The first kappa shape index (κ1) is 61.3. The van der Waals surface area contributed by atoms with Crippen LogP contribution in [0.4, 0.5) is 0 Å². The van der Waals surface area contributed by atoms with Gasteiger partial charge in [-0.05, 0) is 96.3 Å². The van der Waals surface area contributed by atoms with Crippen LogP contribution in [0.15, 0.2) is 97.2 Å². The Morgan fingerprint density at radius 3 is 1.05 bits per heavy atom. The van der Waals surface area contributed by atoms with Gasteiger partial charge in [-0.1, -0.05) is 221 Å². The Morgan fingerprint density at radius 2 is 0.615 bits per heavy atom. The molecule has 1 atom stereocenters. The summed E-state index contributed by atoms with van der Waals surface area (Å²) >= 11 is 0. The molecule has 6 nitrogen and oxygen atoms in total. The lowest BCUT2D eigenvalue weighted by Gasteiger charge is -2.18. The lowest BCUT2D eigenvalue weighted by molar-refractivity contribution is -0.167. The molecule has 0 amide bonds. The molecule has 370 valence electrons. The molecule has 0 spiro atoms. The average molecular weight is 903 g/mol. The number of hydrogen-bond donors (Lipinski definition) is 0. The molecule has 0 radical (unpaired) electrons. The second-order valence-corrected chi connectivity index (χ2v) is 17.4. The molecule has 0 aliphatic rings. The number of unbranched alkanes of at least 4 members (excludes halogenated alkanes) is 20. The van der Waals surface area contributed by atoms with E-state index in [1.165, 1.54) is 89.9 Å². The molecule has 0 saturated carbocycles. The summed E-state index contributed by atoms with van der Waals surface area (Å²) in [4.78, 5) is 37.9. The first-order chi connectivity index (χ1) is 32.0. The van der Waals surface area contributed by atoms with Gasteiger partial charge < -0.3 is 14.2 Å². The molecule has 0 heterocycles. The standard InChI is InChI=1S/C59H98O6/c1-4-7-10-13-16-19-22-25-26-27-28-29-30-31-32-33-34-35-38-40-43-46-49-52-58(61)64-55-56(65-59(62)53-50-47-44-41-37-24-21-18-15-12-9-6-3)54-63-57(60)51-48-45-42-39-36-23-20-17-14-11-8-5-2/h7,10,16,18-19,21,25-26,28-29,31-32,34-35,40,43,56H,4-6,8-9,11-15,17,20,22-24,27,30,33,36-39,41-42,44-55H2,1-3H3/b10-7-,19-16-,21-18-,26-25-,29-28-,32-31-,35-34-,43-40-. The van der Waals surface area contributed by atoms with E-state index >= 15 is 0 Å². The van der Waals surface area contributed by atoms with Gasteiger partial charge in [-0.25, -0.2) is 0 Å². The Hall–Kier alpha value is -3.67. The summed E-state index contributed by atoms with van der Waals surface area (Å²) in [5.74, 6) is -0.971. The fraction of sp³-hybridized carbons (Fsp3) is 0.678. The second-order valence-electron chi connectivity index (χ2n) is 17.4. The first-order valence-corrected chi connectivity index (χ1v) is 26.7. The minimum atomic E-state index is -0.803. The number of hydrogen-bond acceptors (Lipinski definition) is 6. The molecule has 0 saturated heterocycles. The van der Waals surface area contributed by atoms with Crippen LogP contribution in [0.1, 0.15) is 239 Å². The highest BCUT2D eigenvalue weighted by molar-refractivity contribution is 5.71. The number of esters is 3. The second kappa shape index (κ2) is 52.9. The minimum absolute atomic E-state index is 0.0978. The van der Waals surface area contributed by atoms with Crippen molar-refractivity contribution in [3.8, 4) is 0 Å². The fourth-order valence-corrected chi connectivity index (χ4v) is 7.07. The molecule has 0 fully saturated rings. The third-order valence-electron chi connectivity index (χ3n) is 11.1. The average Bonchev–Trinajstić information content (AvgIpc) is 3.30. The molecule has 0 N–H and O–H groups in total. The number of carbonyl (C=O) groups is 3. The van der Waals surface area contributed by atoms with Gasteiger partial charge in [0.15, 0.2) is 6.10 Å². The third-order valence-corrected chi connectivity index (χ3v) is 11.1.